The van der Waals surface area contributed by atoms with Gasteiger partial charge in [-0.05, 0) is 35.2 Å². The Morgan fingerprint density at radius 1 is 1.00 bits per heavy atom. The molecule has 0 atom stereocenters. The summed E-state index contributed by atoms with van der Waals surface area (Å²) in [6, 6.07) is 23.0. The second-order valence-corrected chi connectivity index (χ2v) is 9.43. The zero-order valence-electron chi connectivity index (χ0n) is 17.2. The molecule has 4 rings (SSSR count). The van der Waals surface area contributed by atoms with E-state index in [2.05, 4.69) is 5.32 Å². The van der Waals surface area contributed by atoms with E-state index in [0.29, 0.717) is 30.1 Å². The van der Waals surface area contributed by atoms with Crippen molar-refractivity contribution in [2.75, 3.05) is 29.0 Å². The molecule has 1 N–H and O–H groups in total. The second kappa shape index (κ2) is 8.81. The molecule has 1 aliphatic rings. The highest BCUT2D eigenvalue weighted by Gasteiger charge is 2.29. The van der Waals surface area contributed by atoms with Gasteiger partial charge < -0.3 is 10.1 Å². The molecule has 0 radical (unpaired) electrons. The van der Waals surface area contributed by atoms with Gasteiger partial charge in [0, 0.05) is 12.6 Å². The Morgan fingerprint density at radius 2 is 1.71 bits per heavy atom. The molecule has 31 heavy (non-hydrogen) atoms. The van der Waals surface area contributed by atoms with Crippen molar-refractivity contribution >= 4 is 27.3 Å². The third-order valence-electron chi connectivity index (χ3n) is 5.27. The predicted molar refractivity (Wildman–Crippen MR) is 123 cm³/mol. The summed E-state index contributed by atoms with van der Waals surface area (Å²) in [6.07, 6.45) is 0.826. The number of ether oxygens (including phenoxy) is 1. The first-order valence-corrected chi connectivity index (χ1v) is 11.7. The molecule has 0 aromatic heterocycles. The highest BCUT2D eigenvalue weighted by Crippen LogP contribution is 2.33. The molecular weight excluding hydrogens is 412 g/mol. The van der Waals surface area contributed by atoms with Crippen LogP contribution in [0.15, 0.2) is 72.8 Å². The lowest BCUT2D eigenvalue weighted by Gasteiger charge is -2.19. The lowest BCUT2D eigenvalue weighted by Crippen LogP contribution is -2.25. The molecule has 0 saturated carbocycles. The van der Waals surface area contributed by atoms with Gasteiger partial charge in [0.25, 0.3) is 0 Å². The monoisotopic (exact) mass is 436 g/mol. The summed E-state index contributed by atoms with van der Waals surface area (Å²) in [5, 5.41) is 2.86. The molecule has 1 amide bonds. The smallest absolute Gasteiger partial charge is 0.235 e. The van der Waals surface area contributed by atoms with Crippen LogP contribution in [0.5, 0.6) is 5.75 Å². The minimum absolute atomic E-state index is 0.150. The molecule has 6 nitrogen and oxygen atoms in total. The van der Waals surface area contributed by atoms with Crippen LogP contribution in [0.1, 0.15) is 12.0 Å². The number of nitrogens with zero attached hydrogens (tertiary/aromatic N) is 1. The molecule has 7 heteroatoms. The highest BCUT2D eigenvalue weighted by molar-refractivity contribution is 7.93. The average Bonchev–Trinajstić information content (AvgIpc) is 3.14. The molecular formula is C24H24N2O4S. The second-order valence-electron chi connectivity index (χ2n) is 7.41. The number of nitrogens with one attached hydrogen (secondary N) is 1. The number of carbonyl (C=O) groups excluding carboxylic acids is 1. The molecule has 3 aromatic carbocycles. The van der Waals surface area contributed by atoms with Gasteiger partial charge in [-0.2, -0.15) is 0 Å². The molecule has 160 valence electrons. The quantitative estimate of drug-likeness (QED) is 0.632. The third kappa shape index (κ3) is 4.72. The van der Waals surface area contributed by atoms with Crippen LogP contribution in [-0.2, 0) is 21.2 Å². The van der Waals surface area contributed by atoms with E-state index >= 15 is 0 Å². The summed E-state index contributed by atoms with van der Waals surface area (Å²) in [7, 11) is -1.78. The van der Waals surface area contributed by atoms with Crippen LogP contribution in [0.4, 0.5) is 11.4 Å². The minimum atomic E-state index is -3.27. The van der Waals surface area contributed by atoms with Crippen molar-refractivity contribution in [1.29, 1.82) is 0 Å². The van der Waals surface area contributed by atoms with Crippen molar-refractivity contribution in [2.24, 2.45) is 0 Å². The van der Waals surface area contributed by atoms with Gasteiger partial charge in [-0.25, -0.2) is 8.42 Å². The highest BCUT2D eigenvalue weighted by atomic mass is 32.2. The van der Waals surface area contributed by atoms with Gasteiger partial charge in [0.05, 0.1) is 30.7 Å². The van der Waals surface area contributed by atoms with E-state index in [-0.39, 0.29) is 18.1 Å². The van der Waals surface area contributed by atoms with Crippen molar-refractivity contribution in [3.05, 3.63) is 78.4 Å². The van der Waals surface area contributed by atoms with Gasteiger partial charge in [-0.3, -0.25) is 9.10 Å². The van der Waals surface area contributed by atoms with Crippen molar-refractivity contribution in [3.63, 3.8) is 0 Å². The summed E-state index contributed by atoms with van der Waals surface area (Å²) in [5.74, 6) is 0.399. The normalized spacial score (nSPS) is 14.9. The minimum Gasteiger partial charge on any atom is -0.494 e. The Bertz CT molecular complexity index is 1180. The Kier molecular flexibility index (Phi) is 5.95. The first-order valence-electron chi connectivity index (χ1n) is 10.1. The summed E-state index contributed by atoms with van der Waals surface area (Å²) in [4.78, 5) is 12.6. The molecule has 0 bridgehead atoms. The number of rotatable bonds is 6. The van der Waals surface area contributed by atoms with E-state index < -0.39 is 10.0 Å². The van der Waals surface area contributed by atoms with Crippen LogP contribution in [0.3, 0.4) is 0 Å². The van der Waals surface area contributed by atoms with Crippen LogP contribution in [-0.4, -0.2) is 33.7 Å². The third-order valence-corrected chi connectivity index (χ3v) is 7.14. The van der Waals surface area contributed by atoms with E-state index in [4.69, 9.17) is 4.74 Å². The SMILES string of the molecule is COc1cc(N2CCCS2(=O)=O)ccc1NC(=O)Cc1ccc(-c2ccccc2)cc1. The maximum atomic E-state index is 12.6. The number of carbonyl (C=O) groups is 1. The van der Waals surface area contributed by atoms with E-state index in [9.17, 15) is 13.2 Å². The van der Waals surface area contributed by atoms with Crippen molar-refractivity contribution < 1.29 is 17.9 Å². The largest absolute Gasteiger partial charge is 0.494 e. The van der Waals surface area contributed by atoms with Crippen LogP contribution in [0, 0.1) is 0 Å². The maximum Gasteiger partial charge on any atom is 0.235 e. The molecule has 1 fully saturated rings. The molecule has 1 saturated heterocycles. The lowest BCUT2D eigenvalue weighted by molar-refractivity contribution is -0.115. The fourth-order valence-corrected chi connectivity index (χ4v) is 5.25. The van der Waals surface area contributed by atoms with Gasteiger partial charge in [0.1, 0.15) is 5.75 Å². The van der Waals surface area contributed by atoms with Crippen molar-refractivity contribution in [2.45, 2.75) is 12.8 Å². The zero-order chi connectivity index (χ0) is 21.8. The zero-order valence-corrected chi connectivity index (χ0v) is 18.1. The first kappa shape index (κ1) is 20.9. The topological polar surface area (TPSA) is 75.7 Å². The predicted octanol–water partition coefficient (Wildman–Crippen LogP) is 4.08. The van der Waals surface area contributed by atoms with Gasteiger partial charge in [-0.1, -0.05) is 54.6 Å². The van der Waals surface area contributed by atoms with Gasteiger partial charge >= 0.3 is 0 Å². The standard InChI is InChI=1S/C24H24N2O4S/c1-30-23-17-21(26-14-5-15-31(26,28)29)12-13-22(23)25-24(27)16-18-8-10-20(11-9-18)19-6-3-2-4-7-19/h2-4,6-13,17H,5,14-16H2,1H3,(H,25,27). The number of anilines is 2. The molecule has 0 spiro atoms. The lowest BCUT2D eigenvalue weighted by atomic mass is 10.0. The first-order chi connectivity index (χ1) is 15.0. The number of hydrogen-bond donors (Lipinski definition) is 1. The van der Waals surface area contributed by atoms with Crippen molar-refractivity contribution in [1.82, 2.24) is 0 Å². The summed E-state index contributed by atoms with van der Waals surface area (Å²) in [5.41, 5.74) is 4.18. The summed E-state index contributed by atoms with van der Waals surface area (Å²) >= 11 is 0. The summed E-state index contributed by atoms with van der Waals surface area (Å²) in [6.45, 7) is 0.455. The van der Waals surface area contributed by atoms with Crippen LogP contribution in [0.2, 0.25) is 0 Å². The molecule has 0 unspecified atom stereocenters. The maximum absolute atomic E-state index is 12.6. The Hall–Kier alpha value is -3.32. The number of amides is 1. The number of sulfonamides is 1. The molecule has 1 heterocycles. The molecule has 1 aliphatic heterocycles. The van der Waals surface area contributed by atoms with E-state index in [0.717, 1.165) is 16.7 Å². The number of hydrogen-bond acceptors (Lipinski definition) is 4. The van der Waals surface area contributed by atoms with Crippen molar-refractivity contribution in [3.8, 4) is 16.9 Å². The van der Waals surface area contributed by atoms with Gasteiger partial charge in [0.2, 0.25) is 15.9 Å². The molecule has 3 aromatic rings. The fraction of sp³-hybridized carbons (Fsp3) is 0.208. The summed E-state index contributed by atoms with van der Waals surface area (Å²) < 4.78 is 31.1. The Labute approximate surface area is 182 Å². The van der Waals surface area contributed by atoms with Gasteiger partial charge in [0.15, 0.2) is 0 Å². The molecule has 0 aliphatic carbocycles. The van der Waals surface area contributed by atoms with Crippen LogP contribution < -0.4 is 14.4 Å². The number of benzene rings is 3. The van der Waals surface area contributed by atoms with Crippen LogP contribution in [0.25, 0.3) is 11.1 Å². The van der Waals surface area contributed by atoms with E-state index in [1.54, 1.807) is 18.2 Å². The van der Waals surface area contributed by atoms with Crippen LogP contribution >= 0.6 is 0 Å². The Balaban J connectivity index is 1.45. The van der Waals surface area contributed by atoms with E-state index in [1.165, 1.54) is 11.4 Å². The van der Waals surface area contributed by atoms with E-state index in [1.807, 2.05) is 54.6 Å². The van der Waals surface area contributed by atoms with Gasteiger partial charge in [-0.15, -0.1) is 0 Å². The Morgan fingerprint density at radius 3 is 2.35 bits per heavy atom. The average molecular weight is 437 g/mol. The fourth-order valence-electron chi connectivity index (χ4n) is 3.69. The number of methoxy groups -OCH3 is 1.